The lowest BCUT2D eigenvalue weighted by atomic mass is 10.1. The van der Waals surface area contributed by atoms with Crippen LogP contribution in [-0.4, -0.2) is 50.7 Å². The van der Waals surface area contributed by atoms with Crippen molar-refractivity contribution in [2.75, 3.05) is 19.8 Å². The van der Waals surface area contributed by atoms with Crippen LogP contribution in [0.15, 0.2) is 36.8 Å². The largest absolute Gasteiger partial charge is 0.485 e. The Morgan fingerprint density at radius 2 is 2.00 bits per heavy atom. The van der Waals surface area contributed by atoms with Gasteiger partial charge < -0.3 is 9.47 Å². The van der Waals surface area contributed by atoms with Gasteiger partial charge in [-0.2, -0.15) is 4.39 Å². The maximum Gasteiger partial charge on any atom is 0.200 e. The first kappa shape index (κ1) is 19.9. The van der Waals surface area contributed by atoms with E-state index >= 15 is 0 Å². The summed E-state index contributed by atoms with van der Waals surface area (Å²) >= 11 is 0. The van der Waals surface area contributed by atoms with Gasteiger partial charge in [0.25, 0.3) is 0 Å². The van der Waals surface area contributed by atoms with E-state index in [-0.39, 0.29) is 11.9 Å². The number of hydrogen-bond acceptors (Lipinski definition) is 7. The first-order valence-corrected chi connectivity index (χ1v) is 10.2. The van der Waals surface area contributed by atoms with Crippen molar-refractivity contribution < 1.29 is 18.3 Å². The van der Waals surface area contributed by atoms with E-state index in [1.54, 1.807) is 30.7 Å². The summed E-state index contributed by atoms with van der Waals surface area (Å²) in [4.78, 5) is 19.6. The molecule has 1 aromatic carbocycles. The Morgan fingerprint density at radius 1 is 1.13 bits per heavy atom. The molecule has 0 aliphatic carbocycles. The average molecular weight is 425 g/mol. The molecule has 0 radical (unpaired) electrons. The molecular formula is C22H21F2N5O2. The van der Waals surface area contributed by atoms with Gasteiger partial charge in [-0.3, -0.25) is 4.90 Å². The van der Waals surface area contributed by atoms with Gasteiger partial charge in [-0.25, -0.2) is 24.3 Å². The summed E-state index contributed by atoms with van der Waals surface area (Å²) in [6, 6.07) is 4.56. The molecule has 0 bridgehead atoms. The van der Waals surface area contributed by atoms with Crippen molar-refractivity contribution in [1.82, 2.24) is 24.8 Å². The van der Waals surface area contributed by atoms with Crippen LogP contribution >= 0.6 is 0 Å². The van der Waals surface area contributed by atoms with Crippen LogP contribution in [0.25, 0.3) is 11.6 Å². The Balaban J connectivity index is 1.30. The lowest BCUT2D eigenvalue weighted by Crippen LogP contribution is -2.31. The Hall–Kier alpha value is -3.04. The van der Waals surface area contributed by atoms with Crippen molar-refractivity contribution in [2.45, 2.75) is 32.0 Å². The van der Waals surface area contributed by atoms with Crippen molar-refractivity contribution in [3.8, 4) is 17.4 Å². The molecule has 1 fully saturated rings. The zero-order valence-corrected chi connectivity index (χ0v) is 16.8. The Kier molecular flexibility index (Phi) is 5.52. The van der Waals surface area contributed by atoms with E-state index in [2.05, 4.69) is 24.8 Å². The van der Waals surface area contributed by atoms with Crippen LogP contribution in [0, 0.1) is 11.6 Å². The predicted molar refractivity (Wildman–Crippen MR) is 107 cm³/mol. The van der Waals surface area contributed by atoms with E-state index in [1.165, 1.54) is 6.07 Å². The van der Waals surface area contributed by atoms with Crippen LogP contribution in [0.5, 0.6) is 5.75 Å². The molecule has 7 nitrogen and oxygen atoms in total. The highest BCUT2D eigenvalue weighted by molar-refractivity contribution is 5.43. The highest BCUT2D eigenvalue weighted by Crippen LogP contribution is 2.27. The molecule has 2 aromatic heterocycles. The third-order valence-electron chi connectivity index (χ3n) is 5.42. The van der Waals surface area contributed by atoms with Gasteiger partial charge in [0, 0.05) is 56.6 Å². The van der Waals surface area contributed by atoms with Crippen molar-refractivity contribution in [3.05, 3.63) is 65.2 Å². The molecule has 3 aromatic rings. The quantitative estimate of drug-likeness (QED) is 0.622. The predicted octanol–water partition coefficient (Wildman–Crippen LogP) is 2.94. The number of rotatable bonds is 5. The minimum absolute atomic E-state index is 0.0567. The van der Waals surface area contributed by atoms with Crippen molar-refractivity contribution in [2.24, 2.45) is 0 Å². The van der Waals surface area contributed by atoms with Crippen LogP contribution in [0.3, 0.4) is 0 Å². The Labute approximate surface area is 178 Å². The van der Waals surface area contributed by atoms with Crippen LogP contribution < -0.4 is 4.74 Å². The van der Waals surface area contributed by atoms with Gasteiger partial charge in [-0.15, -0.1) is 0 Å². The fourth-order valence-electron chi connectivity index (χ4n) is 3.87. The first-order valence-electron chi connectivity index (χ1n) is 10.2. The Bertz CT molecular complexity index is 1080. The number of benzene rings is 1. The minimum Gasteiger partial charge on any atom is -0.485 e. The fourth-order valence-corrected chi connectivity index (χ4v) is 3.87. The lowest BCUT2D eigenvalue weighted by molar-refractivity contribution is 0.137. The molecule has 0 N–H and O–H groups in total. The van der Waals surface area contributed by atoms with Gasteiger partial charge in [0.15, 0.2) is 23.2 Å². The van der Waals surface area contributed by atoms with Crippen molar-refractivity contribution in [3.63, 3.8) is 0 Å². The van der Waals surface area contributed by atoms with Gasteiger partial charge in [-0.1, -0.05) is 0 Å². The second-order valence-corrected chi connectivity index (χ2v) is 7.69. The van der Waals surface area contributed by atoms with Gasteiger partial charge in [0.05, 0.1) is 18.9 Å². The van der Waals surface area contributed by atoms with Crippen LogP contribution in [-0.2, 0) is 24.2 Å². The summed E-state index contributed by atoms with van der Waals surface area (Å²) in [6.07, 6.45) is 6.26. The normalized spacial score (nSPS) is 18.7. The summed E-state index contributed by atoms with van der Waals surface area (Å²) in [5, 5.41) is 0. The zero-order chi connectivity index (χ0) is 21.2. The van der Waals surface area contributed by atoms with Gasteiger partial charge in [-0.05, 0) is 23.8 Å². The van der Waals surface area contributed by atoms with E-state index in [9.17, 15) is 8.78 Å². The van der Waals surface area contributed by atoms with E-state index in [0.717, 1.165) is 24.2 Å². The van der Waals surface area contributed by atoms with Crippen LogP contribution in [0.4, 0.5) is 8.78 Å². The second kappa shape index (κ2) is 8.60. The standard InChI is InChI=1S/C22H21F2N5O2/c23-17-8-14(9-19(20(17)24)31-16-3-7-30-13-16)11-29-6-2-18-15(12-29)10-27-22(28-18)21-25-4-1-5-26-21/h1,4-5,8-10,16H,2-3,6-7,11-13H2/t16-/m0/s1. The van der Waals surface area contributed by atoms with Crippen molar-refractivity contribution in [1.29, 1.82) is 0 Å². The topological polar surface area (TPSA) is 73.3 Å². The number of nitrogens with zero attached hydrogens (tertiary/aromatic N) is 5. The van der Waals surface area contributed by atoms with E-state index in [0.29, 0.717) is 49.9 Å². The van der Waals surface area contributed by atoms with Crippen molar-refractivity contribution >= 4 is 0 Å². The lowest BCUT2D eigenvalue weighted by Gasteiger charge is -2.28. The maximum absolute atomic E-state index is 14.2. The zero-order valence-electron chi connectivity index (χ0n) is 16.8. The molecule has 1 saturated heterocycles. The minimum atomic E-state index is -0.955. The molecule has 160 valence electrons. The monoisotopic (exact) mass is 425 g/mol. The average Bonchev–Trinajstić information content (AvgIpc) is 3.30. The van der Waals surface area contributed by atoms with Crippen LogP contribution in [0.2, 0.25) is 0 Å². The molecule has 4 heterocycles. The number of ether oxygens (including phenoxy) is 2. The number of hydrogen-bond donors (Lipinski definition) is 0. The Morgan fingerprint density at radius 3 is 2.81 bits per heavy atom. The summed E-state index contributed by atoms with van der Waals surface area (Å²) in [7, 11) is 0. The molecular weight excluding hydrogens is 404 g/mol. The molecule has 2 aliphatic heterocycles. The van der Waals surface area contributed by atoms with Gasteiger partial charge >= 0.3 is 0 Å². The van der Waals surface area contributed by atoms with E-state index in [1.807, 2.05) is 0 Å². The summed E-state index contributed by atoms with van der Waals surface area (Å²) < 4.78 is 39.3. The SMILES string of the molecule is Fc1cc(CN2CCc3nc(-c4ncccn4)ncc3C2)cc(O[C@H]2CCOC2)c1F. The van der Waals surface area contributed by atoms with Crippen LogP contribution in [0.1, 0.15) is 23.2 Å². The molecule has 0 spiro atoms. The molecule has 0 amide bonds. The molecule has 9 heteroatoms. The third-order valence-corrected chi connectivity index (χ3v) is 5.42. The van der Waals surface area contributed by atoms with E-state index < -0.39 is 11.6 Å². The first-order chi connectivity index (χ1) is 15.2. The van der Waals surface area contributed by atoms with Gasteiger partial charge in [0.1, 0.15) is 6.10 Å². The molecule has 2 aliphatic rings. The highest BCUT2D eigenvalue weighted by Gasteiger charge is 2.23. The van der Waals surface area contributed by atoms with Gasteiger partial charge in [0.2, 0.25) is 5.82 Å². The molecule has 31 heavy (non-hydrogen) atoms. The molecule has 0 saturated carbocycles. The fraction of sp³-hybridized carbons (Fsp3) is 0.364. The summed E-state index contributed by atoms with van der Waals surface area (Å²) in [5.74, 6) is -0.914. The van der Waals surface area contributed by atoms with E-state index in [4.69, 9.17) is 9.47 Å². The number of aromatic nitrogens is 4. The highest BCUT2D eigenvalue weighted by atomic mass is 19.2. The summed E-state index contributed by atoms with van der Waals surface area (Å²) in [6.45, 7) is 2.80. The molecule has 5 rings (SSSR count). The smallest absolute Gasteiger partial charge is 0.200 e. The number of fused-ring (bicyclic) bond motifs is 1. The molecule has 0 unspecified atom stereocenters. The molecule has 1 atom stereocenters. The maximum atomic E-state index is 14.2. The third kappa shape index (κ3) is 4.38. The summed E-state index contributed by atoms with van der Waals surface area (Å²) in [5.41, 5.74) is 2.63. The second-order valence-electron chi connectivity index (χ2n) is 7.69. The number of halogens is 2.